The van der Waals surface area contributed by atoms with Crippen molar-refractivity contribution in [2.24, 2.45) is 5.41 Å². The van der Waals surface area contributed by atoms with E-state index in [0.29, 0.717) is 12.0 Å². The summed E-state index contributed by atoms with van der Waals surface area (Å²) in [4.78, 5) is 14.8. The maximum absolute atomic E-state index is 12.2. The van der Waals surface area contributed by atoms with Crippen LogP contribution in [0.15, 0.2) is 24.3 Å². The summed E-state index contributed by atoms with van der Waals surface area (Å²) in [5, 5.41) is 3.20. The molecule has 4 nitrogen and oxygen atoms in total. The highest BCUT2D eigenvalue weighted by atomic mass is 16.5. The van der Waals surface area contributed by atoms with E-state index in [1.165, 1.54) is 50.0 Å². The molecule has 1 atom stereocenters. The summed E-state index contributed by atoms with van der Waals surface area (Å²) in [5.41, 5.74) is 3.48. The Morgan fingerprint density at radius 3 is 2.64 bits per heavy atom. The molecule has 1 aliphatic heterocycles. The first-order chi connectivity index (χ1) is 13.3. The van der Waals surface area contributed by atoms with E-state index in [9.17, 15) is 4.79 Å². The van der Waals surface area contributed by atoms with Crippen LogP contribution in [0.4, 0.5) is 0 Å². The maximum atomic E-state index is 12.2. The lowest BCUT2D eigenvalue weighted by Crippen LogP contribution is -2.47. The van der Waals surface area contributed by atoms with E-state index in [-0.39, 0.29) is 25.4 Å². The van der Waals surface area contributed by atoms with Crippen molar-refractivity contribution in [3.63, 3.8) is 0 Å². The van der Waals surface area contributed by atoms with Crippen LogP contribution in [0.2, 0.25) is 0 Å². The SMILES string of the molecule is CCOCC(=O)N[C@H]1CCC2(CCN(CCC(C)(C)C)CC2)c2ccccc21.[HH]. The number of hydrogen-bond donors (Lipinski definition) is 1. The summed E-state index contributed by atoms with van der Waals surface area (Å²) < 4.78 is 5.28. The predicted octanol–water partition coefficient (Wildman–Crippen LogP) is 4.69. The average Bonchev–Trinajstić information content (AvgIpc) is 2.68. The quantitative estimate of drug-likeness (QED) is 0.769. The highest BCUT2D eigenvalue weighted by molar-refractivity contribution is 5.77. The first kappa shape index (κ1) is 21.3. The van der Waals surface area contributed by atoms with E-state index in [4.69, 9.17) is 4.74 Å². The van der Waals surface area contributed by atoms with Crippen LogP contribution in [0, 0.1) is 5.41 Å². The van der Waals surface area contributed by atoms with Gasteiger partial charge in [0.05, 0.1) is 6.04 Å². The molecule has 0 radical (unpaired) electrons. The van der Waals surface area contributed by atoms with Crippen LogP contribution in [0.5, 0.6) is 0 Å². The van der Waals surface area contributed by atoms with E-state index in [1.54, 1.807) is 0 Å². The second-order valence-electron chi connectivity index (χ2n) is 9.82. The summed E-state index contributed by atoms with van der Waals surface area (Å²) in [6.45, 7) is 13.2. The minimum Gasteiger partial charge on any atom is -0.372 e. The fourth-order valence-corrected chi connectivity index (χ4v) is 4.79. The lowest BCUT2D eigenvalue weighted by molar-refractivity contribution is -0.126. The molecular weight excluding hydrogens is 348 g/mol. The van der Waals surface area contributed by atoms with Crippen LogP contribution >= 0.6 is 0 Å². The molecule has 28 heavy (non-hydrogen) atoms. The van der Waals surface area contributed by atoms with E-state index >= 15 is 0 Å². The number of carbonyl (C=O) groups excluding carboxylic acids is 1. The molecular formula is C24H40N2O2. The molecule has 0 unspecified atom stereocenters. The third-order valence-corrected chi connectivity index (χ3v) is 6.58. The minimum atomic E-state index is -0.00500. The molecule has 2 aliphatic rings. The van der Waals surface area contributed by atoms with Gasteiger partial charge in [-0.15, -0.1) is 0 Å². The summed E-state index contributed by atoms with van der Waals surface area (Å²) in [7, 11) is 0. The number of carbonyl (C=O) groups is 1. The number of amides is 1. The van der Waals surface area contributed by atoms with Crippen molar-refractivity contribution < 1.29 is 11.0 Å². The summed E-state index contributed by atoms with van der Waals surface area (Å²) in [5.74, 6) is -0.00500. The minimum absolute atomic E-state index is 0. The number of rotatable bonds is 6. The summed E-state index contributed by atoms with van der Waals surface area (Å²) in [6.07, 6.45) is 5.90. The van der Waals surface area contributed by atoms with Gasteiger partial charge in [0.25, 0.3) is 0 Å². The number of nitrogens with one attached hydrogen (secondary N) is 1. The van der Waals surface area contributed by atoms with E-state index in [1.807, 2.05) is 6.92 Å². The standard InChI is InChI=1S/C24H38N2O2.H2/c1-5-28-18-22(27)25-21-10-11-24(20-9-7-6-8-19(20)21)13-16-26(17-14-24)15-12-23(2,3)4;/h6-9,21H,5,10-18H2,1-4H3,(H,25,27);1H/t21-;/m0./s1. The normalized spacial score (nSPS) is 22.1. The number of fused-ring (bicyclic) bond motifs is 2. The van der Waals surface area contributed by atoms with Gasteiger partial charge in [0.15, 0.2) is 0 Å². The zero-order valence-electron chi connectivity index (χ0n) is 18.2. The van der Waals surface area contributed by atoms with Crippen molar-refractivity contribution in [3.8, 4) is 0 Å². The molecule has 1 N–H and O–H groups in total. The van der Waals surface area contributed by atoms with Gasteiger partial charge in [-0.25, -0.2) is 0 Å². The Labute approximate surface area is 172 Å². The van der Waals surface area contributed by atoms with Crippen molar-refractivity contribution in [3.05, 3.63) is 35.4 Å². The molecule has 4 heteroatoms. The number of benzene rings is 1. The third-order valence-electron chi connectivity index (χ3n) is 6.58. The second-order valence-corrected chi connectivity index (χ2v) is 9.82. The fourth-order valence-electron chi connectivity index (χ4n) is 4.79. The van der Waals surface area contributed by atoms with Gasteiger partial charge in [-0.1, -0.05) is 45.0 Å². The molecule has 158 valence electrons. The molecule has 1 fully saturated rings. The average molecular weight is 389 g/mol. The van der Waals surface area contributed by atoms with E-state index in [0.717, 1.165) is 12.8 Å². The molecule has 0 bridgehead atoms. The van der Waals surface area contributed by atoms with Gasteiger partial charge in [0, 0.05) is 8.03 Å². The van der Waals surface area contributed by atoms with Crippen molar-refractivity contribution in [2.75, 3.05) is 32.8 Å². The zero-order chi connectivity index (χ0) is 20.2. The molecule has 1 aromatic rings. The number of hydrogen-bond acceptors (Lipinski definition) is 3. The van der Waals surface area contributed by atoms with Crippen LogP contribution in [-0.4, -0.2) is 43.7 Å². The third kappa shape index (κ3) is 5.15. The number of ether oxygens (including phenoxy) is 1. The lowest BCUT2D eigenvalue weighted by atomic mass is 9.63. The van der Waals surface area contributed by atoms with Gasteiger partial charge in [-0.2, -0.15) is 0 Å². The fraction of sp³-hybridized carbons (Fsp3) is 0.708. The number of piperidine rings is 1. The molecule has 1 saturated heterocycles. The number of nitrogens with zero attached hydrogens (tertiary/aromatic N) is 1. The van der Waals surface area contributed by atoms with Gasteiger partial charge in [-0.05, 0) is 80.6 Å². The number of likely N-dealkylation sites (tertiary alicyclic amines) is 1. The second kappa shape index (κ2) is 8.96. The Morgan fingerprint density at radius 1 is 1.25 bits per heavy atom. The van der Waals surface area contributed by atoms with E-state index < -0.39 is 0 Å². The molecule has 3 rings (SSSR count). The van der Waals surface area contributed by atoms with Gasteiger partial charge in [-0.3, -0.25) is 4.79 Å². The van der Waals surface area contributed by atoms with Gasteiger partial charge >= 0.3 is 0 Å². The largest absolute Gasteiger partial charge is 0.372 e. The van der Waals surface area contributed by atoms with Crippen LogP contribution in [0.25, 0.3) is 0 Å². The molecule has 1 heterocycles. The van der Waals surface area contributed by atoms with Crippen molar-refractivity contribution >= 4 is 5.91 Å². The van der Waals surface area contributed by atoms with Gasteiger partial charge in [0.1, 0.15) is 6.61 Å². The highest BCUT2D eigenvalue weighted by Crippen LogP contribution is 2.48. The maximum Gasteiger partial charge on any atom is 0.246 e. The predicted molar refractivity (Wildman–Crippen MR) is 117 cm³/mol. The van der Waals surface area contributed by atoms with Crippen molar-refractivity contribution in [1.82, 2.24) is 10.2 Å². The summed E-state index contributed by atoms with van der Waals surface area (Å²) in [6, 6.07) is 8.91. The van der Waals surface area contributed by atoms with Crippen LogP contribution in [0.1, 0.15) is 78.4 Å². The molecule has 0 saturated carbocycles. The Balaban J connectivity index is 0.00000300. The molecule has 1 aromatic carbocycles. The van der Waals surface area contributed by atoms with Crippen LogP contribution < -0.4 is 5.32 Å². The van der Waals surface area contributed by atoms with E-state index in [2.05, 4.69) is 55.3 Å². The van der Waals surface area contributed by atoms with Gasteiger partial charge < -0.3 is 15.0 Å². The first-order valence-electron chi connectivity index (χ1n) is 11.0. The first-order valence-corrected chi connectivity index (χ1v) is 11.0. The Bertz CT molecular complexity index is 663. The summed E-state index contributed by atoms with van der Waals surface area (Å²) >= 11 is 0. The topological polar surface area (TPSA) is 41.6 Å². The Hall–Kier alpha value is -1.39. The molecule has 1 spiro atoms. The van der Waals surface area contributed by atoms with Crippen LogP contribution in [0.3, 0.4) is 0 Å². The van der Waals surface area contributed by atoms with Crippen molar-refractivity contribution in [1.29, 1.82) is 0 Å². The van der Waals surface area contributed by atoms with Gasteiger partial charge in [0.2, 0.25) is 5.91 Å². The van der Waals surface area contributed by atoms with Crippen molar-refractivity contribution in [2.45, 2.75) is 71.3 Å². The molecule has 0 aromatic heterocycles. The van der Waals surface area contributed by atoms with Crippen LogP contribution in [-0.2, 0) is 14.9 Å². The Kier molecular flexibility index (Phi) is 6.82. The molecule has 1 amide bonds. The smallest absolute Gasteiger partial charge is 0.246 e. The lowest BCUT2D eigenvalue weighted by Gasteiger charge is -2.47. The monoisotopic (exact) mass is 388 g/mol. The Morgan fingerprint density at radius 2 is 1.96 bits per heavy atom. The molecule has 1 aliphatic carbocycles. The highest BCUT2D eigenvalue weighted by Gasteiger charge is 2.42. The zero-order valence-corrected chi connectivity index (χ0v) is 18.2.